The molecule has 214 valence electrons. The molecule has 0 bridgehead atoms. The number of para-hydroxylation sites is 1. The van der Waals surface area contributed by atoms with Crippen molar-refractivity contribution in [3.05, 3.63) is 148 Å². The Morgan fingerprint density at radius 3 is 2.58 bits per heavy atom. The Bertz CT molecular complexity index is 2120. The summed E-state index contributed by atoms with van der Waals surface area (Å²) in [6.07, 6.45) is 1.51. The SMILES string of the molecule is CC1=C(C(=O)Nc2ccccc2)[C@@H](c2ccc(F)cc2)n2c(s/c(=C/c3ccc(-c4ccc(Cl)cc4[N+](=O)[O-])o3)c2=O)=N1. The van der Waals surface area contributed by atoms with Crippen LogP contribution in [0.5, 0.6) is 0 Å². The molecule has 1 N–H and O–H groups in total. The summed E-state index contributed by atoms with van der Waals surface area (Å²) >= 11 is 7.04. The highest BCUT2D eigenvalue weighted by atomic mass is 35.5. The highest BCUT2D eigenvalue weighted by Crippen LogP contribution is 2.34. The van der Waals surface area contributed by atoms with Crippen molar-refractivity contribution in [1.29, 1.82) is 0 Å². The van der Waals surface area contributed by atoms with Gasteiger partial charge in [-0.3, -0.25) is 24.3 Å². The standard InChI is InChI=1S/C31H20ClFN4O5S/c1-17-27(29(38)35-21-5-3-2-4-6-21)28(18-7-10-20(33)11-8-18)36-30(39)26(43-31(36)34-17)16-22-12-14-25(42-22)23-13-9-19(32)15-24(23)37(40)41/h2-16,28H,1H3,(H,35,38)/b26-16+/t28-/m1/s1. The molecule has 5 aromatic rings. The Kier molecular flexibility index (Phi) is 7.34. The summed E-state index contributed by atoms with van der Waals surface area (Å²) in [5, 5.41) is 14.6. The van der Waals surface area contributed by atoms with E-state index in [0.29, 0.717) is 21.7 Å². The van der Waals surface area contributed by atoms with Crippen molar-refractivity contribution in [2.75, 3.05) is 5.32 Å². The minimum absolute atomic E-state index is 0.214. The van der Waals surface area contributed by atoms with Gasteiger partial charge in [0.05, 0.1) is 32.3 Å². The van der Waals surface area contributed by atoms with Gasteiger partial charge in [0.15, 0.2) is 4.80 Å². The van der Waals surface area contributed by atoms with E-state index in [4.69, 9.17) is 16.0 Å². The predicted molar refractivity (Wildman–Crippen MR) is 161 cm³/mol. The van der Waals surface area contributed by atoms with Crippen molar-refractivity contribution >= 4 is 46.3 Å². The van der Waals surface area contributed by atoms with Gasteiger partial charge in [-0.05, 0) is 61.0 Å². The van der Waals surface area contributed by atoms with E-state index in [-0.39, 0.29) is 37.9 Å². The Labute approximate surface area is 251 Å². The van der Waals surface area contributed by atoms with Crippen molar-refractivity contribution in [3.8, 4) is 11.3 Å². The summed E-state index contributed by atoms with van der Waals surface area (Å²) in [5.74, 6) is -0.402. The fourth-order valence-corrected chi connectivity index (χ4v) is 6.05. The van der Waals surface area contributed by atoms with E-state index in [2.05, 4.69) is 10.3 Å². The molecule has 43 heavy (non-hydrogen) atoms. The lowest BCUT2D eigenvalue weighted by Gasteiger charge is -2.25. The predicted octanol–water partition coefficient (Wildman–Crippen LogP) is 5.83. The summed E-state index contributed by atoms with van der Waals surface area (Å²) in [7, 11) is 0. The fourth-order valence-electron chi connectivity index (χ4n) is 4.86. The van der Waals surface area contributed by atoms with Crippen molar-refractivity contribution < 1.29 is 18.5 Å². The number of thiazole rings is 1. The number of amides is 1. The zero-order valence-electron chi connectivity index (χ0n) is 22.3. The zero-order valence-corrected chi connectivity index (χ0v) is 23.9. The number of anilines is 1. The summed E-state index contributed by atoms with van der Waals surface area (Å²) in [4.78, 5) is 43.4. The van der Waals surface area contributed by atoms with Crippen LogP contribution in [0.15, 0.2) is 110 Å². The smallest absolute Gasteiger partial charge is 0.281 e. The van der Waals surface area contributed by atoms with Gasteiger partial charge in [-0.15, -0.1) is 0 Å². The Morgan fingerprint density at radius 1 is 1.12 bits per heavy atom. The third-order valence-corrected chi connectivity index (χ3v) is 8.02. The number of aromatic nitrogens is 1. The van der Waals surface area contributed by atoms with E-state index in [1.165, 1.54) is 53.1 Å². The van der Waals surface area contributed by atoms with Crippen molar-refractivity contribution in [3.63, 3.8) is 0 Å². The van der Waals surface area contributed by atoms with Crippen LogP contribution in [0.1, 0.15) is 24.3 Å². The van der Waals surface area contributed by atoms with Crippen LogP contribution in [-0.4, -0.2) is 15.4 Å². The van der Waals surface area contributed by atoms with Crippen LogP contribution in [0.2, 0.25) is 5.02 Å². The van der Waals surface area contributed by atoms with Crippen LogP contribution in [0.25, 0.3) is 17.4 Å². The number of halogens is 2. The topological polar surface area (TPSA) is 120 Å². The quantitative estimate of drug-likeness (QED) is 0.190. The summed E-state index contributed by atoms with van der Waals surface area (Å²) in [6, 6.07) is 21.0. The van der Waals surface area contributed by atoms with E-state index in [9.17, 15) is 24.1 Å². The lowest BCUT2D eigenvalue weighted by atomic mass is 9.95. The van der Waals surface area contributed by atoms with Crippen molar-refractivity contribution in [2.45, 2.75) is 13.0 Å². The Morgan fingerprint density at radius 2 is 1.86 bits per heavy atom. The Balaban J connectivity index is 1.45. The number of nitro groups is 1. The van der Waals surface area contributed by atoms with Crippen LogP contribution in [0, 0.1) is 15.9 Å². The second kappa shape index (κ2) is 11.3. The number of allylic oxidation sites excluding steroid dienone is 1. The van der Waals surface area contributed by atoms with Crippen LogP contribution in [0.4, 0.5) is 15.8 Å². The minimum atomic E-state index is -0.883. The molecule has 1 aliphatic heterocycles. The molecule has 0 spiro atoms. The number of fused-ring (bicyclic) bond motifs is 1. The number of furan rings is 1. The monoisotopic (exact) mass is 614 g/mol. The number of nitrogens with zero attached hydrogens (tertiary/aromatic N) is 3. The molecule has 0 unspecified atom stereocenters. The average molecular weight is 615 g/mol. The molecule has 3 heterocycles. The van der Waals surface area contributed by atoms with Crippen molar-refractivity contribution in [1.82, 2.24) is 4.57 Å². The molecule has 0 radical (unpaired) electrons. The average Bonchev–Trinajstić information content (AvgIpc) is 3.57. The van der Waals surface area contributed by atoms with Crippen LogP contribution >= 0.6 is 22.9 Å². The molecular formula is C31H20ClFN4O5S. The maximum atomic E-state index is 13.9. The molecule has 0 fully saturated rings. The van der Waals surface area contributed by atoms with Gasteiger partial charge in [-0.25, -0.2) is 9.38 Å². The minimum Gasteiger partial charge on any atom is -0.456 e. The second-order valence-electron chi connectivity index (χ2n) is 9.57. The van der Waals surface area contributed by atoms with Crippen LogP contribution in [0.3, 0.4) is 0 Å². The molecular weight excluding hydrogens is 595 g/mol. The first-order chi connectivity index (χ1) is 20.7. The lowest BCUT2D eigenvalue weighted by Crippen LogP contribution is -2.40. The molecule has 0 saturated heterocycles. The van der Waals surface area contributed by atoms with Gasteiger partial charge in [-0.1, -0.05) is 53.3 Å². The Hall–Kier alpha value is -5.13. The number of nitro benzene ring substituents is 1. The van der Waals surface area contributed by atoms with Gasteiger partial charge in [0.1, 0.15) is 17.3 Å². The molecule has 2 aromatic heterocycles. The largest absolute Gasteiger partial charge is 0.456 e. The molecule has 1 amide bonds. The first-order valence-corrected chi connectivity index (χ1v) is 14.1. The lowest BCUT2D eigenvalue weighted by molar-refractivity contribution is -0.384. The van der Waals surface area contributed by atoms with E-state index in [1.807, 2.05) is 6.07 Å². The van der Waals surface area contributed by atoms with E-state index in [0.717, 1.165) is 11.3 Å². The molecule has 0 saturated carbocycles. The molecule has 9 nitrogen and oxygen atoms in total. The fraction of sp³-hybridized carbons (Fsp3) is 0.0645. The van der Waals surface area contributed by atoms with Crippen LogP contribution in [-0.2, 0) is 4.79 Å². The third-order valence-electron chi connectivity index (χ3n) is 6.81. The van der Waals surface area contributed by atoms with Gasteiger partial charge in [0.25, 0.3) is 17.2 Å². The van der Waals surface area contributed by atoms with Gasteiger partial charge in [0.2, 0.25) is 0 Å². The van der Waals surface area contributed by atoms with Gasteiger partial charge < -0.3 is 9.73 Å². The van der Waals surface area contributed by atoms with Crippen LogP contribution < -0.4 is 20.2 Å². The van der Waals surface area contributed by atoms with Crippen molar-refractivity contribution in [2.24, 2.45) is 4.99 Å². The number of carbonyl (C=O) groups excluding carboxylic acids is 1. The number of hydrogen-bond donors (Lipinski definition) is 1. The zero-order chi connectivity index (χ0) is 30.2. The van der Waals surface area contributed by atoms with E-state index in [1.54, 1.807) is 43.3 Å². The van der Waals surface area contributed by atoms with Gasteiger partial charge in [0, 0.05) is 22.9 Å². The number of hydrogen-bond acceptors (Lipinski definition) is 7. The number of benzene rings is 3. The summed E-state index contributed by atoms with van der Waals surface area (Å²) < 4.78 is 21.4. The molecule has 6 rings (SSSR count). The maximum Gasteiger partial charge on any atom is 0.281 e. The molecule has 1 atom stereocenters. The molecule has 0 aliphatic carbocycles. The van der Waals surface area contributed by atoms with Gasteiger partial charge in [-0.2, -0.15) is 0 Å². The molecule has 3 aromatic carbocycles. The normalized spacial score (nSPS) is 14.8. The highest BCUT2D eigenvalue weighted by Gasteiger charge is 2.32. The first-order valence-electron chi connectivity index (χ1n) is 12.9. The van der Waals surface area contributed by atoms with E-state index >= 15 is 0 Å². The van der Waals surface area contributed by atoms with E-state index < -0.39 is 28.2 Å². The summed E-state index contributed by atoms with van der Waals surface area (Å²) in [5.41, 5.74) is 1.32. The summed E-state index contributed by atoms with van der Waals surface area (Å²) in [6.45, 7) is 1.69. The number of carbonyl (C=O) groups is 1. The van der Waals surface area contributed by atoms with Gasteiger partial charge >= 0.3 is 0 Å². The second-order valence-corrected chi connectivity index (χ2v) is 11.0. The number of nitrogens with one attached hydrogen (secondary N) is 1. The first kappa shape index (κ1) is 28.0. The molecule has 1 aliphatic rings. The molecule has 12 heteroatoms. The third kappa shape index (κ3) is 5.43. The highest BCUT2D eigenvalue weighted by molar-refractivity contribution is 7.07. The number of rotatable bonds is 6. The maximum absolute atomic E-state index is 13.9.